The van der Waals surface area contributed by atoms with Crippen LogP contribution < -0.4 is 5.43 Å². The Morgan fingerprint density at radius 2 is 1.68 bits per heavy atom. The summed E-state index contributed by atoms with van der Waals surface area (Å²) in [5.41, 5.74) is -0.667. The Balaban J connectivity index is 2.08. The zero-order valence-corrected chi connectivity index (χ0v) is 12.7. The van der Waals surface area contributed by atoms with E-state index in [0.29, 0.717) is 11.1 Å². The number of fused-ring (bicyclic) bond motifs is 1. The molecular weight excluding hydrogens is 335 g/mol. The average Bonchev–Trinajstić information content (AvgIpc) is 2.57. The van der Waals surface area contributed by atoms with Crippen molar-refractivity contribution in [3.05, 3.63) is 81.6 Å². The number of para-hydroxylation sites is 1. The van der Waals surface area contributed by atoms with Crippen molar-refractivity contribution in [2.24, 2.45) is 0 Å². The number of alkyl halides is 3. The van der Waals surface area contributed by atoms with Crippen LogP contribution in [0.1, 0.15) is 21.5 Å². The summed E-state index contributed by atoms with van der Waals surface area (Å²) in [7, 11) is 0. The first-order valence-corrected chi connectivity index (χ1v) is 7.29. The molecule has 0 amide bonds. The SMILES string of the molecule is O=C(O)c1cn(Cc2ccc(C(F)(F)F)cc2)c2ccccc2c1=O. The second-order valence-electron chi connectivity index (χ2n) is 5.52. The number of hydrogen-bond acceptors (Lipinski definition) is 2. The Hall–Kier alpha value is -3.09. The van der Waals surface area contributed by atoms with Gasteiger partial charge in [0.1, 0.15) is 5.56 Å². The Labute approximate surface area is 139 Å². The molecule has 1 heterocycles. The predicted octanol–water partition coefficient (Wildman–Crippen LogP) is 3.77. The number of carboxylic acids is 1. The van der Waals surface area contributed by atoms with Crippen LogP contribution in [0.3, 0.4) is 0 Å². The van der Waals surface area contributed by atoms with Gasteiger partial charge in [0.15, 0.2) is 0 Å². The number of carbonyl (C=O) groups is 1. The average molecular weight is 347 g/mol. The monoisotopic (exact) mass is 347 g/mol. The van der Waals surface area contributed by atoms with E-state index in [2.05, 4.69) is 0 Å². The van der Waals surface area contributed by atoms with Crippen LogP contribution in [-0.4, -0.2) is 15.6 Å². The standard InChI is InChI=1S/C18H12F3NO3/c19-18(20,21)12-7-5-11(6-8-12)9-22-10-14(17(24)25)16(23)13-3-1-2-4-15(13)22/h1-8,10H,9H2,(H,24,25). The lowest BCUT2D eigenvalue weighted by Crippen LogP contribution is -2.19. The van der Waals surface area contributed by atoms with Gasteiger partial charge < -0.3 is 9.67 Å². The third-order valence-electron chi connectivity index (χ3n) is 3.85. The number of aromatic carboxylic acids is 1. The highest BCUT2D eigenvalue weighted by molar-refractivity contribution is 5.92. The highest BCUT2D eigenvalue weighted by atomic mass is 19.4. The van der Waals surface area contributed by atoms with E-state index in [4.69, 9.17) is 0 Å². The predicted molar refractivity (Wildman–Crippen MR) is 85.7 cm³/mol. The largest absolute Gasteiger partial charge is 0.477 e. The van der Waals surface area contributed by atoms with Gasteiger partial charge in [-0.3, -0.25) is 4.79 Å². The van der Waals surface area contributed by atoms with Crippen molar-refractivity contribution in [2.45, 2.75) is 12.7 Å². The highest BCUT2D eigenvalue weighted by Crippen LogP contribution is 2.29. The van der Waals surface area contributed by atoms with Gasteiger partial charge in [0.25, 0.3) is 0 Å². The van der Waals surface area contributed by atoms with Crippen LogP contribution in [0.15, 0.2) is 59.5 Å². The van der Waals surface area contributed by atoms with E-state index in [1.165, 1.54) is 24.4 Å². The molecule has 0 fully saturated rings. The Morgan fingerprint density at radius 1 is 1.04 bits per heavy atom. The van der Waals surface area contributed by atoms with E-state index in [1.807, 2.05) is 0 Å². The number of halogens is 3. The first-order valence-electron chi connectivity index (χ1n) is 7.29. The number of hydrogen-bond donors (Lipinski definition) is 1. The molecule has 1 aromatic heterocycles. The summed E-state index contributed by atoms with van der Waals surface area (Å²) in [4.78, 5) is 23.5. The maximum Gasteiger partial charge on any atom is 0.416 e. The van der Waals surface area contributed by atoms with Gasteiger partial charge in [-0.2, -0.15) is 13.2 Å². The molecule has 7 heteroatoms. The van der Waals surface area contributed by atoms with Crippen LogP contribution in [0, 0.1) is 0 Å². The second-order valence-corrected chi connectivity index (χ2v) is 5.52. The molecule has 128 valence electrons. The lowest BCUT2D eigenvalue weighted by Gasteiger charge is -2.13. The normalized spacial score (nSPS) is 11.6. The van der Waals surface area contributed by atoms with E-state index in [9.17, 15) is 27.9 Å². The van der Waals surface area contributed by atoms with Gasteiger partial charge in [0, 0.05) is 18.1 Å². The molecule has 0 radical (unpaired) electrons. The first kappa shape index (κ1) is 16.8. The third-order valence-corrected chi connectivity index (χ3v) is 3.85. The maximum atomic E-state index is 12.6. The summed E-state index contributed by atoms with van der Waals surface area (Å²) < 4.78 is 39.5. The summed E-state index contributed by atoms with van der Waals surface area (Å²) in [6.45, 7) is 0.138. The number of carboxylic acid groups (broad SMARTS) is 1. The molecule has 0 aliphatic rings. The van der Waals surface area contributed by atoms with E-state index in [-0.39, 0.29) is 17.5 Å². The van der Waals surface area contributed by atoms with Crippen LogP contribution >= 0.6 is 0 Å². The lowest BCUT2D eigenvalue weighted by atomic mass is 10.1. The fourth-order valence-corrected chi connectivity index (χ4v) is 2.62. The molecule has 0 saturated heterocycles. The Bertz CT molecular complexity index is 1000. The van der Waals surface area contributed by atoms with Crippen molar-refractivity contribution in [3.8, 4) is 0 Å². The third kappa shape index (κ3) is 3.26. The Morgan fingerprint density at radius 3 is 2.28 bits per heavy atom. The van der Waals surface area contributed by atoms with Crippen LogP contribution in [0.25, 0.3) is 10.9 Å². The van der Waals surface area contributed by atoms with Gasteiger partial charge in [-0.15, -0.1) is 0 Å². The van der Waals surface area contributed by atoms with Gasteiger partial charge in [0.05, 0.1) is 11.1 Å². The molecule has 1 N–H and O–H groups in total. The molecule has 3 rings (SSSR count). The zero-order valence-electron chi connectivity index (χ0n) is 12.7. The Kier molecular flexibility index (Phi) is 4.08. The molecule has 0 atom stereocenters. The first-order chi connectivity index (χ1) is 11.8. The van der Waals surface area contributed by atoms with Crippen LogP contribution in [-0.2, 0) is 12.7 Å². The van der Waals surface area contributed by atoms with E-state index < -0.39 is 23.1 Å². The van der Waals surface area contributed by atoms with E-state index in [1.54, 1.807) is 22.8 Å². The fourth-order valence-electron chi connectivity index (χ4n) is 2.62. The topological polar surface area (TPSA) is 59.3 Å². The van der Waals surface area contributed by atoms with Crippen LogP contribution in [0.2, 0.25) is 0 Å². The number of aromatic nitrogens is 1. The van der Waals surface area contributed by atoms with Crippen LogP contribution in [0.5, 0.6) is 0 Å². The summed E-state index contributed by atoms with van der Waals surface area (Å²) in [5, 5.41) is 9.45. The molecular formula is C18H12F3NO3. The van der Waals surface area contributed by atoms with Gasteiger partial charge in [-0.25, -0.2) is 4.79 Å². The van der Waals surface area contributed by atoms with Crippen molar-refractivity contribution >= 4 is 16.9 Å². The summed E-state index contributed by atoms with van der Waals surface area (Å²) >= 11 is 0. The molecule has 0 bridgehead atoms. The summed E-state index contributed by atoms with van der Waals surface area (Å²) in [6, 6.07) is 11.1. The number of benzene rings is 2. The molecule has 0 saturated carbocycles. The minimum atomic E-state index is -4.42. The molecule has 4 nitrogen and oxygen atoms in total. The maximum absolute atomic E-state index is 12.6. The van der Waals surface area contributed by atoms with Gasteiger partial charge in [-0.1, -0.05) is 24.3 Å². The molecule has 0 aliphatic heterocycles. The van der Waals surface area contributed by atoms with E-state index >= 15 is 0 Å². The zero-order chi connectivity index (χ0) is 18.2. The summed E-state index contributed by atoms with van der Waals surface area (Å²) in [5.74, 6) is -1.35. The minimum absolute atomic E-state index is 0.138. The second kappa shape index (κ2) is 6.08. The van der Waals surface area contributed by atoms with Crippen molar-refractivity contribution in [3.63, 3.8) is 0 Å². The van der Waals surface area contributed by atoms with Crippen molar-refractivity contribution in [1.82, 2.24) is 4.57 Å². The number of nitrogens with zero attached hydrogens (tertiary/aromatic N) is 1. The van der Waals surface area contributed by atoms with Crippen molar-refractivity contribution < 1.29 is 23.1 Å². The quantitative estimate of drug-likeness (QED) is 0.785. The van der Waals surface area contributed by atoms with Gasteiger partial charge in [-0.05, 0) is 29.8 Å². The van der Waals surface area contributed by atoms with Gasteiger partial charge in [0.2, 0.25) is 5.43 Å². The fraction of sp³-hybridized carbons (Fsp3) is 0.111. The van der Waals surface area contributed by atoms with Crippen LogP contribution in [0.4, 0.5) is 13.2 Å². The molecule has 0 spiro atoms. The van der Waals surface area contributed by atoms with E-state index in [0.717, 1.165) is 12.1 Å². The highest BCUT2D eigenvalue weighted by Gasteiger charge is 2.29. The molecule has 3 aromatic rings. The lowest BCUT2D eigenvalue weighted by molar-refractivity contribution is -0.137. The molecule has 25 heavy (non-hydrogen) atoms. The molecule has 2 aromatic carbocycles. The summed E-state index contributed by atoms with van der Waals surface area (Å²) in [6.07, 6.45) is -3.20. The molecule has 0 aliphatic carbocycles. The van der Waals surface area contributed by atoms with Crippen molar-refractivity contribution in [1.29, 1.82) is 0 Å². The minimum Gasteiger partial charge on any atom is -0.477 e. The number of pyridine rings is 1. The van der Waals surface area contributed by atoms with Gasteiger partial charge >= 0.3 is 12.1 Å². The molecule has 0 unspecified atom stereocenters. The smallest absolute Gasteiger partial charge is 0.416 e. The van der Waals surface area contributed by atoms with Crippen molar-refractivity contribution in [2.75, 3.05) is 0 Å². The number of rotatable bonds is 3.